The third-order valence-corrected chi connectivity index (χ3v) is 6.19. The van der Waals surface area contributed by atoms with E-state index in [9.17, 15) is 0 Å². The van der Waals surface area contributed by atoms with Crippen molar-refractivity contribution >= 4 is 31.7 Å². The Morgan fingerprint density at radius 2 is 2.30 bits per heavy atom. The van der Waals surface area contributed by atoms with Gasteiger partial charge in [-0.05, 0) is 0 Å². The van der Waals surface area contributed by atoms with Crippen LogP contribution in [-0.4, -0.2) is 41.7 Å². The average molecular weight is 336 g/mol. The Bertz CT molecular complexity index is 622. The standard InChI is InChI=1S/C15H19N3OSe/c1-2-19-13-9-12(15(13)7-4-8-15)16-10-5-3-6-11-14(10)18-20-17-11/h3,5-6,12-13,16H,2,4,7-9H2,1H3. The molecule has 1 N–H and O–H groups in total. The maximum absolute atomic E-state index is 5.92. The first kappa shape index (κ1) is 12.8. The number of anilines is 1. The van der Waals surface area contributed by atoms with Crippen LogP contribution in [0, 0.1) is 5.41 Å². The molecule has 2 aliphatic carbocycles. The number of aromatic nitrogens is 2. The van der Waals surface area contributed by atoms with Gasteiger partial charge in [-0.2, -0.15) is 0 Å². The Hall–Kier alpha value is -0.901. The number of benzene rings is 1. The van der Waals surface area contributed by atoms with E-state index in [1.165, 1.54) is 19.3 Å². The molecule has 1 heterocycles. The first-order chi connectivity index (χ1) is 9.83. The van der Waals surface area contributed by atoms with Crippen LogP contribution in [0.2, 0.25) is 0 Å². The molecular weight excluding hydrogens is 317 g/mol. The second kappa shape index (κ2) is 4.83. The van der Waals surface area contributed by atoms with Crippen molar-refractivity contribution in [3.8, 4) is 0 Å². The van der Waals surface area contributed by atoms with Gasteiger partial charge in [-0.15, -0.1) is 0 Å². The Morgan fingerprint density at radius 1 is 1.40 bits per heavy atom. The summed E-state index contributed by atoms with van der Waals surface area (Å²) in [5, 5.41) is 3.74. The van der Waals surface area contributed by atoms with Gasteiger partial charge in [0.05, 0.1) is 0 Å². The number of nitrogens with zero attached hydrogens (tertiary/aromatic N) is 2. The molecule has 0 amide bonds. The Labute approximate surface area is 125 Å². The molecule has 1 aromatic heterocycles. The molecule has 106 valence electrons. The summed E-state index contributed by atoms with van der Waals surface area (Å²) in [6.07, 6.45) is 5.53. The van der Waals surface area contributed by atoms with E-state index in [0.29, 0.717) is 17.6 Å². The summed E-state index contributed by atoms with van der Waals surface area (Å²) in [4.78, 5) is 0. The molecule has 2 unspecified atom stereocenters. The van der Waals surface area contributed by atoms with Gasteiger partial charge in [-0.3, -0.25) is 0 Å². The van der Waals surface area contributed by atoms with Gasteiger partial charge in [0, 0.05) is 0 Å². The van der Waals surface area contributed by atoms with Gasteiger partial charge in [-0.1, -0.05) is 0 Å². The van der Waals surface area contributed by atoms with Crippen LogP contribution in [0.4, 0.5) is 5.69 Å². The topological polar surface area (TPSA) is 47.0 Å². The zero-order valence-corrected chi connectivity index (χ0v) is 13.3. The van der Waals surface area contributed by atoms with E-state index in [1.807, 2.05) is 0 Å². The number of hydrogen-bond donors (Lipinski definition) is 1. The number of rotatable bonds is 4. The summed E-state index contributed by atoms with van der Waals surface area (Å²) in [6, 6.07) is 6.82. The molecule has 4 nitrogen and oxygen atoms in total. The first-order valence-corrected chi connectivity index (χ1v) is 8.96. The van der Waals surface area contributed by atoms with E-state index in [0.717, 1.165) is 29.7 Å². The summed E-state index contributed by atoms with van der Waals surface area (Å²) < 4.78 is 14.9. The minimum atomic E-state index is 0.0434. The second-order valence-electron chi connectivity index (χ2n) is 5.90. The Balaban J connectivity index is 1.56. The SMILES string of the molecule is CCOC1CC(Nc2cccc3n[se]nc23)C12CCC2. The minimum absolute atomic E-state index is 0.0434. The molecule has 2 aliphatic rings. The normalized spacial score (nSPS) is 27.2. The van der Waals surface area contributed by atoms with Gasteiger partial charge in [0.1, 0.15) is 0 Å². The van der Waals surface area contributed by atoms with E-state index in [4.69, 9.17) is 4.74 Å². The van der Waals surface area contributed by atoms with Gasteiger partial charge >= 0.3 is 125 Å². The molecule has 1 aromatic carbocycles. The maximum atomic E-state index is 5.92. The van der Waals surface area contributed by atoms with Gasteiger partial charge in [0.2, 0.25) is 0 Å². The Morgan fingerprint density at radius 3 is 3.05 bits per heavy atom. The summed E-state index contributed by atoms with van der Waals surface area (Å²) in [6.45, 7) is 2.93. The van der Waals surface area contributed by atoms with E-state index in [1.54, 1.807) is 0 Å². The van der Waals surface area contributed by atoms with Crippen LogP contribution in [0.1, 0.15) is 32.6 Å². The predicted molar refractivity (Wildman–Crippen MR) is 80.2 cm³/mol. The molecule has 5 heteroatoms. The summed E-state index contributed by atoms with van der Waals surface area (Å²) in [5.41, 5.74) is 3.68. The van der Waals surface area contributed by atoms with Gasteiger partial charge in [0.15, 0.2) is 0 Å². The molecule has 0 radical (unpaired) electrons. The fourth-order valence-corrected chi connectivity index (χ4v) is 4.90. The molecule has 1 spiro atoms. The number of fused-ring (bicyclic) bond motifs is 1. The van der Waals surface area contributed by atoms with Crippen LogP contribution in [0.15, 0.2) is 18.2 Å². The van der Waals surface area contributed by atoms with Crippen molar-refractivity contribution in [3.63, 3.8) is 0 Å². The molecule has 20 heavy (non-hydrogen) atoms. The van der Waals surface area contributed by atoms with E-state index < -0.39 is 0 Å². The third-order valence-electron chi connectivity index (χ3n) is 5.05. The Kier molecular flexibility index (Phi) is 3.09. The van der Waals surface area contributed by atoms with Crippen LogP contribution < -0.4 is 5.32 Å². The van der Waals surface area contributed by atoms with Crippen molar-refractivity contribution in [2.75, 3.05) is 11.9 Å². The van der Waals surface area contributed by atoms with Crippen molar-refractivity contribution in [1.82, 2.24) is 7.96 Å². The van der Waals surface area contributed by atoms with E-state index in [2.05, 4.69) is 38.4 Å². The summed E-state index contributed by atoms with van der Waals surface area (Å²) in [7, 11) is 0. The molecule has 0 saturated heterocycles. The van der Waals surface area contributed by atoms with Crippen molar-refractivity contribution in [2.45, 2.75) is 44.8 Å². The van der Waals surface area contributed by atoms with Crippen molar-refractivity contribution in [1.29, 1.82) is 0 Å². The molecule has 0 aliphatic heterocycles. The van der Waals surface area contributed by atoms with Crippen molar-refractivity contribution < 1.29 is 4.74 Å². The number of hydrogen-bond acceptors (Lipinski definition) is 4. The molecular formula is C15H19N3OSe. The van der Waals surface area contributed by atoms with Crippen LogP contribution in [-0.2, 0) is 4.74 Å². The van der Waals surface area contributed by atoms with Crippen molar-refractivity contribution in [2.24, 2.45) is 5.41 Å². The molecule has 2 saturated carbocycles. The quantitative estimate of drug-likeness (QED) is 0.872. The fourth-order valence-electron chi connectivity index (χ4n) is 3.75. The van der Waals surface area contributed by atoms with E-state index >= 15 is 0 Å². The van der Waals surface area contributed by atoms with Gasteiger partial charge in [0.25, 0.3) is 0 Å². The zero-order chi connectivity index (χ0) is 13.6. The number of nitrogens with one attached hydrogen (secondary N) is 1. The summed E-state index contributed by atoms with van der Waals surface area (Å²) >= 11 is 0.0434. The van der Waals surface area contributed by atoms with Crippen LogP contribution in [0.25, 0.3) is 11.0 Å². The monoisotopic (exact) mass is 337 g/mol. The van der Waals surface area contributed by atoms with Gasteiger partial charge in [-0.25, -0.2) is 0 Å². The zero-order valence-electron chi connectivity index (χ0n) is 11.6. The summed E-state index contributed by atoms with van der Waals surface area (Å²) in [5.74, 6) is 0. The molecule has 2 aromatic rings. The van der Waals surface area contributed by atoms with Gasteiger partial charge < -0.3 is 0 Å². The predicted octanol–water partition coefficient (Wildman–Crippen LogP) is 2.45. The average Bonchev–Trinajstić information content (AvgIpc) is 2.84. The van der Waals surface area contributed by atoms with E-state index in [-0.39, 0.29) is 15.0 Å². The van der Waals surface area contributed by atoms with Crippen LogP contribution in [0.3, 0.4) is 0 Å². The third kappa shape index (κ3) is 1.77. The number of ether oxygens (including phenoxy) is 1. The fraction of sp³-hybridized carbons (Fsp3) is 0.600. The van der Waals surface area contributed by atoms with Crippen LogP contribution in [0.5, 0.6) is 0 Å². The van der Waals surface area contributed by atoms with Crippen LogP contribution >= 0.6 is 0 Å². The first-order valence-electron chi connectivity index (χ1n) is 7.43. The molecule has 4 rings (SSSR count). The molecule has 2 fully saturated rings. The molecule has 2 atom stereocenters. The van der Waals surface area contributed by atoms with Crippen molar-refractivity contribution in [3.05, 3.63) is 18.2 Å². The molecule has 0 bridgehead atoms. The second-order valence-corrected chi connectivity index (χ2v) is 7.01.